The molecule has 1 rings (SSSR count). The van der Waals surface area contributed by atoms with Gasteiger partial charge in [-0.2, -0.15) is 0 Å². The Kier molecular flexibility index (Phi) is 2.32. The number of carbonyl (C=O) groups is 2. The van der Waals surface area contributed by atoms with Crippen LogP contribution in [0.15, 0.2) is 0 Å². The Morgan fingerprint density at radius 1 is 1.42 bits per heavy atom. The molecule has 0 aromatic rings. The number of rotatable bonds is 3. The zero-order chi connectivity index (χ0) is 9.30. The molecule has 2 N–H and O–H groups in total. The number of nitrogens with zero attached hydrogens (tertiary/aromatic N) is 1. The highest BCUT2D eigenvalue weighted by Gasteiger charge is 2.48. The van der Waals surface area contributed by atoms with Gasteiger partial charge in [-0.25, -0.2) is 5.01 Å². The number of nitrogens with one attached hydrogen (secondary N) is 1. The molecule has 2 unspecified atom stereocenters. The van der Waals surface area contributed by atoms with Gasteiger partial charge >= 0.3 is 5.97 Å². The monoisotopic (exact) mass is 172 g/mol. The van der Waals surface area contributed by atoms with Gasteiger partial charge in [0, 0.05) is 14.1 Å². The maximum absolute atomic E-state index is 11.1. The molecular weight excluding hydrogens is 160 g/mol. The lowest BCUT2D eigenvalue weighted by atomic mass is 10.3. The molecule has 0 radical (unpaired) electrons. The van der Waals surface area contributed by atoms with Crippen LogP contribution in [-0.2, 0) is 9.59 Å². The van der Waals surface area contributed by atoms with E-state index < -0.39 is 11.9 Å². The Hall–Kier alpha value is -1.10. The number of hydrogen-bond donors (Lipinski definition) is 2. The van der Waals surface area contributed by atoms with Crippen LogP contribution >= 0.6 is 0 Å². The SMILES string of the molecule is CN(C)NC(=O)C1CC1C(=O)O. The zero-order valence-corrected chi connectivity index (χ0v) is 7.07. The Balaban J connectivity index is 2.33. The second kappa shape index (κ2) is 3.10. The van der Waals surface area contributed by atoms with Crippen LogP contribution in [0, 0.1) is 11.8 Å². The van der Waals surface area contributed by atoms with Crippen LogP contribution in [0.3, 0.4) is 0 Å². The van der Waals surface area contributed by atoms with Crippen molar-refractivity contribution in [2.75, 3.05) is 14.1 Å². The first kappa shape index (κ1) is 8.99. The van der Waals surface area contributed by atoms with Crippen LogP contribution in [-0.4, -0.2) is 36.1 Å². The van der Waals surface area contributed by atoms with Crippen molar-refractivity contribution >= 4 is 11.9 Å². The molecule has 1 aliphatic rings. The van der Waals surface area contributed by atoms with E-state index in [1.54, 1.807) is 14.1 Å². The molecule has 0 spiro atoms. The molecule has 68 valence electrons. The van der Waals surface area contributed by atoms with Crippen molar-refractivity contribution < 1.29 is 14.7 Å². The Morgan fingerprint density at radius 3 is 2.33 bits per heavy atom. The molecule has 1 saturated carbocycles. The second-order valence-electron chi connectivity index (χ2n) is 3.16. The van der Waals surface area contributed by atoms with E-state index in [1.165, 1.54) is 5.01 Å². The summed E-state index contributed by atoms with van der Waals surface area (Å²) in [5, 5.41) is 10.0. The highest BCUT2D eigenvalue weighted by molar-refractivity contribution is 5.89. The van der Waals surface area contributed by atoms with Crippen molar-refractivity contribution in [2.24, 2.45) is 11.8 Å². The van der Waals surface area contributed by atoms with Crippen molar-refractivity contribution in [3.63, 3.8) is 0 Å². The van der Waals surface area contributed by atoms with E-state index in [4.69, 9.17) is 5.11 Å². The van der Waals surface area contributed by atoms with Crippen molar-refractivity contribution in [2.45, 2.75) is 6.42 Å². The Morgan fingerprint density at radius 2 is 2.00 bits per heavy atom. The van der Waals surface area contributed by atoms with Crippen LogP contribution in [0.5, 0.6) is 0 Å². The first-order chi connectivity index (χ1) is 5.52. The highest BCUT2D eigenvalue weighted by atomic mass is 16.4. The third-order valence-electron chi connectivity index (χ3n) is 1.78. The van der Waals surface area contributed by atoms with Gasteiger partial charge in [0.05, 0.1) is 11.8 Å². The number of carboxylic acid groups (broad SMARTS) is 1. The molecule has 5 nitrogen and oxygen atoms in total. The second-order valence-corrected chi connectivity index (χ2v) is 3.16. The molecule has 12 heavy (non-hydrogen) atoms. The topological polar surface area (TPSA) is 69.6 Å². The van der Waals surface area contributed by atoms with E-state index in [-0.39, 0.29) is 11.8 Å². The molecule has 2 atom stereocenters. The van der Waals surface area contributed by atoms with Crippen molar-refractivity contribution in [1.29, 1.82) is 0 Å². The summed E-state index contributed by atoms with van der Waals surface area (Å²) in [6.45, 7) is 0. The zero-order valence-electron chi connectivity index (χ0n) is 7.07. The molecule has 5 heteroatoms. The number of amides is 1. The minimum atomic E-state index is -0.881. The number of carboxylic acids is 1. The van der Waals surface area contributed by atoms with E-state index in [0.717, 1.165) is 0 Å². The summed E-state index contributed by atoms with van der Waals surface area (Å²) in [5.74, 6) is -1.88. The summed E-state index contributed by atoms with van der Waals surface area (Å²) >= 11 is 0. The molecule has 1 aliphatic carbocycles. The summed E-state index contributed by atoms with van der Waals surface area (Å²) < 4.78 is 0. The first-order valence-electron chi connectivity index (χ1n) is 3.73. The predicted octanol–water partition coefficient (Wildman–Crippen LogP) is -0.700. The van der Waals surface area contributed by atoms with E-state index in [1.807, 2.05) is 0 Å². The lowest BCUT2D eigenvalue weighted by Gasteiger charge is -2.10. The van der Waals surface area contributed by atoms with Crippen LogP contribution in [0.25, 0.3) is 0 Å². The van der Waals surface area contributed by atoms with Gasteiger partial charge in [-0.3, -0.25) is 15.0 Å². The van der Waals surface area contributed by atoms with Gasteiger partial charge in [0.15, 0.2) is 0 Å². The third kappa shape index (κ3) is 1.94. The van der Waals surface area contributed by atoms with E-state index >= 15 is 0 Å². The fourth-order valence-corrected chi connectivity index (χ4v) is 1.06. The molecule has 0 aliphatic heterocycles. The number of carbonyl (C=O) groups excluding carboxylic acids is 1. The summed E-state index contributed by atoms with van der Waals surface area (Å²) in [6.07, 6.45) is 0.467. The van der Waals surface area contributed by atoms with Crippen LogP contribution in [0.2, 0.25) is 0 Å². The van der Waals surface area contributed by atoms with Crippen molar-refractivity contribution in [3.8, 4) is 0 Å². The van der Waals surface area contributed by atoms with Crippen LogP contribution in [0.1, 0.15) is 6.42 Å². The maximum atomic E-state index is 11.1. The highest BCUT2D eigenvalue weighted by Crippen LogP contribution is 2.38. The summed E-state index contributed by atoms with van der Waals surface area (Å²) in [7, 11) is 3.38. The Labute approximate surface area is 70.3 Å². The van der Waals surface area contributed by atoms with Gasteiger partial charge in [0.25, 0.3) is 0 Å². The van der Waals surface area contributed by atoms with Gasteiger partial charge in [-0.05, 0) is 6.42 Å². The smallest absolute Gasteiger partial charge is 0.307 e. The van der Waals surface area contributed by atoms with Gasteiger partial charge in [0.2, 0.25) is 5.91 Å². The molecule has 0 aromatic carbocycles. The van der Waals surface area contributed by atoms with Crippen LogP contribution in [0.4, 0.5) is 0 Å². The van der Waals surface area contributed by atoms with E-state index in [2.05, 4.69) is 5.43 Å². The normalized spacial score (nSPS) is 26.9. The molecular formula is C7H12N2O3. The largest absolute Gasteiger partial charge is 0.481 e. The Bertz CT molecular complexity index is 215. The number of aliphatic carboxylic acids is 1. The molecule has 1 fully saturated rings. The van der Waals surface area contributed by atoms with Crippen molar-refractivity contribution in [3.05, 3.63) is 0 Å². The molecule has 0 aromatic heterocycles. The fourth-order valence-electron chi connectivity index (χ4n) is 1.06. The average Bonchev–Trinajstić information content (AvgIpc) is 2.61. The number of hydrazine groups is 1. The average molecular weight is 172 g/mol. The standard InChI is InChI=1S/C7H12N2O3/c1-9(2)8-6(10)4-3-5(4)7(11)12/h4-5H,3H2,1-2H3,(H,8,10)(H,11,12). The van der Waals surface area contributed by atoms with Gasteiger partial charge in [0.1, 0.15) is 0 Å². The number of hydrogen-bond acceptors (Lipinski definition) is 3. The molecule has 0 bridgehead atoms. The minimum absolute atomic E-state index is 0.201. The summed E-state index contributed by atoms with van der Waals surface area (Å²) in [4.78, 5) is 21.5. The lowest BCUT2D eigenvalue weighted by molar-refractivity contribution is -0.140. The molecule has 0 heterocycles. The fraction of sp³-hybridized carbons (Fsp3) is 0.714. The van der Waals surface area contributed by atoms with Gasteiger partial charge in [-0.15, -0.1) is 0 Å². The summed E-state index contributed by atoms with van der Waals surface area (Å²) in [6, 6.07) is 0. The van der Waals surface area contributed by atoms with Crippen LogP contribution < -0.4 is 5.43 Å². The quantitative estimate of drug-likeness (QED) is 0.552. The first-order valence-corrected chi connectivity index (χ1v) is 3.73. The predicted molar refractivity (Wildman–Crippen MR) is 41.1 cm³/mol. The van der Waals surface area contributed by atoms with Gasteiger partial charge < -0.3 is 5.11 Å². The molecule has 1 amide bonds. The minimum Gasteiger partial charge on any atom is -0.481 e. The van der Waals surface area contributed by atoms with Gasteiger partial charge in [-0.1, -0.05) is 0 Å². The maximum Gasteiger partial charge on any atom is 0.307 e. The lowest BCUT2D eigenvalue weighted by Crippen LogP contribution is -2.37. The summed E-state index contributed by atoms with van der Waals surface area (Å²) in [5.41, 5.74) is 2.52. The third-order valence-corrected chi connectivity index (χ3v) is 1.78. The molecule has 0 saturated heterocycles. The van der Waals surface area contributed by atoms with E-state index in [0.29, 0.717) is 6.42 Å². The van der Waals surface area contributed by atoms with E-state index in [9.17, 15) is 9.59 Å². The van der Waals surface area contributed by atoms with Crippen molar-refractivity contribution in [1.82, 2.24) is 10.4 Å².